The molecule has 0 saturated carbocycles. The molecule has 104 valence electrons. The molecule has 1 rings (SSSR count). The largest absolute Gasteiger partial charge is 0.465 e. The summed E-state index contributed by atoms with van der Waals surface area (Å²) < 4.78 is 10.0. The second-order valence-electron chi connectivity index (χ2n) is 3.97. The van der Waals surface area contributed by atoms with Crippen molar-refractivity contribution in [2.24, 2.45) is 5.92 Å². The van der Waals surface area contributed by atoms with E-state index in [1.807, 2.05) is 6.92 Å². The van der Waals surface area contributed by atoms with Gasteiger partial charge in [0.05, 0.1) is 6.61 Å². The van der Waals surface area contributed by atoms with Crippen LogP contribution in [0, 0.1) is 5.92 Å². The molecule has 19 heavy (non-hydrogen) atoms. The number of hydrogen-bond acceptors (Lipinski definition) is 4. The molecule has 0 spiro atoms. The number of ether oxygens (including phenoxy) is 2. The average Bonchev–Trinajstić information content (AvgIpc) is 2.36. The molecule has 1 atom stereocenters. The maximum atomic E-state index is 12.0. The van der Waals surface area contributed by atoms with E-state index in [0.717, 1.165) is 0 Å². The molecule has 0 aromatic heterocycles. The molecule has 0 aliphatic heterocycles. The SMILES string of the molecule is CCCC(C(=O)OCC)C(=O)Oc1cccc(Cl)c1. The molecule has 0 aliphatic carbocycles. The van der Waals surface area contributed by atoms with Crippen molar-refractivity contribution in [3.8, 4) is 5.75 Å². The van der Waals surface area contributed by atoms with Gasteiger partial charge >= 0.3 is 11.9 Å². The fourth-order valence-electron chi connectivity index (χ4n) is 1.58. The average molecular weight is 285 g/mol. The Morgan fingerprint density at radius 2 is 2.00 bits per heavy atom. The third kappa shape index (κ3) is 4.91. The normalized spacial score (nSPS) is 11.7. The van der Waals surface area contributed by atoms with E-state index in [0.29, 0.717) is 23.6 Å². The summed E-state index contributed by atoms with van der Waals surface area (Å²) in [7, 11) is 0. The van der Waals surface area contributed by atoms with Gasteiger partial charge in [-0.15, -0.1) is 0 Å². The summed E-state index contributed by atoms with van der Waals surface area (Å²) in [5, 5.41) is 0.466. The second-order valence-corrected chi connectivity index (χ2v) is 4.41. The predicted molar refractivity (Wildman–Crippen MR) is 72.1 cm³/mol. The van der Waals surface area contributed by atoms with E-state index in [2.05, 4.69) is 0 Å². The lowest BCUT2D eigenvalue weighted by Crippen LogP contribution is -2.29. The van der Waals surface area contributed by atoms with Gasteiger partial charge in [0.1, 0.15) is 5.75 Å². The molecular weight excluding hydrogens is 268 g/mol. The molecule has 0 heterocycles. The summed E-state index contributed by atoms with van der Waals surface area (Å²) in [6, 6.07) is 6.48. The molecule has 1 aromatic rings. The summed E-state index contributed by atoms with van der Waals surface area (Å²) in [6.07, 6.45) is 1.09. The van der Waals surface area contributed by atoms with E-state index in [-0.39, 0.29) is 6.61 Å². The summed E-state index contributed by atoms with van der Waals surface area (Å²) in [5.41, 5.74) is 0. The summed E-state index contributed by atoms with van der Waals surface area (Å²) in [4.78, 5) is 23.6. The second kappa shape index (κ2) is 7.79. The van der Waals surface area contributed by atoms with Crippen molar-refractivity contribution in [2.75, 3.05) is 6.61 Å². The van der Waals surface area contributed by atoms with E-state index >= 15 is 0 Å². The molecule has 1 aromatic carbocycles. The lowest BCUT2D eigenvalue weighted by atomic mass is 10.0. The van der Waals surface area contributed by atoms with E-state index in [4.69, 9.17) is 21.1 Å². The zero-order valence-electron chi connectivity index (χ0n) is 11.0. The van der Waals surface area contributed by atoms with Gasteiger partial charge in [0.15, 0.2) is 5.92 Å². The summed E-state index contributed by atoms with van der Waals surface area (Å²) in [6.45, 7) is 3.82. The van der Waals surface area contributed by atoms with Gasteiger partial charge in [-0.3, -0.25) is 9.59 Å². The van der Waals surface area contributed by atoms with E-state index in [9.17, 15) is 9.59 Å². The predicted octanol–water partition coefficient (Wildman–Crippen LogP) is 3.22. The molecule has 0 amide bonds. The standard InChI is InChI=1S/C14H17ClO4/c1-3-6-12(13(16)18-4-2)14(17)19-11-8-5-7-10(15)9-11/h5,7-9,12H,3-4,6H2,1-2H3. The van der Waals surface area contributed by atoms with E-state index in [1.165, 1.54) is 6.07 Å². The Labute approximate surface area is 117 Å². The molecule has 0 aliphatic rings. The first-order valence-corrected chi connectivity index (χ1v) is 6.60. The first kappa shape index (κ1) is 15.5. The molecule has 4 nitrogen and oxygen atoms in total. The van der Waals surface area contributed by atoms with Crippen molar-refractivity contribution in [1.82, 2.24) is 0 Å². The molecule has 0 saturated heterocycles. The minimum atomic E-state index is -0.885. The van der Waals surface area contributed by atoms with Crippen molar-refractivity contribution in [3.63, 3.8) is 0 Å². The van der Waals surface area contributed by atoms with Crippen LogP contribution in [0.3, 0.4) is 0 Å². The summed E-state index contributed by atoms with van der Waals surface area (Å²) in [5.74, 6) is -1.72. The van der Waals surface area contributed by atoms with Gasteiger partial charge in [-0.05, 0) is 31.5 Å². The number of carbonyl (C=O) groups is 2. The lowest BCUT2D eigenvalue weighted by molar-refractivity contribution is -0.157. The van der Waals surface area contributed by atoms with Gasteiger partial charge in [0.2, 0.25) is 0 Å². The van der Waals surface area contributed by atoms with Crippen LogP contribution in [0.4, 0.5) is 0 Å². The van der Waals surface area contributed by atoms with Crippen molar-refractivity contribution in [3.05, 3.63) is 29.3 Å². The Morgan fingerprint density at radius 1 is 1.26 bits per heavy atom. The van der Waals surface area contributed by atoms with Crippen molar-refractivity contribution >= 4 is 23.5 Å². The van der Waals surface area contributed by atoms with E-state index < -0.39 is 17.9 Å². The van der Waals surface area contributed by atoms with Gasteiger partial charge < -0.3 is 9.47 Å². The molecule has 0 fully saturated rings. The Bertz CT molecular complexity index is 445. The van der Waals surface area contributed by atoms with Crippen molar-refractivity contribution < 1.29 is 19.1 Å². The zero-order chi connectivity index (χ0) is 14.3. The highest BCUT2D eigenvalue weighted by Gasteiger charge is 2.29. The first-order valence-electron chi connectivity index (χ1n) is 6.22. The van der Waals surface area contributed by atoms with Crippen LogP contribution in [0.2, 0.25) is 5.02 Å². The molecule has 1 unspecified atom stereocenters. The maximum Gasteiger partial charge on any atom is 0.325 e. The minimum Gasteiger partial charge on any atom is -0.465 e. The third-order valence-corrected chi connectivity index (χ3v) is 2.68. The number of benzene rings is 1. The van der Waals surface area contributed by atoms with E-state index in [1.54, 1.807) is 25.1 Å². The summed E-state index contributed by atoms with van der Waals surface area (Å²) >= 11 is 5.80. The number of carbonyl (C=O) groups excluding carboxylic acids is 2. The number of esters is 2. The maximum absolute atomic E-state index is 12.0. The Balaban J connectivity index is 2.74. The molecule has 5 heteroatoms. The van der Waals surface area contributed by atoms with Gasteiger partial charge in [0.25, 0.3) is 0 Å². The van der Waals surface area contributed by atoms with Crippen LogP contribution < -0.4 is 4.74 Å². The quantitative estimate of drug-likeness (QED) is 0.457. The molecular formula is C14H17ClO4. The Hall–Kier alpha value is -1.55. The van der Waals surface area contributed by atoms with Crippen molar-refractivity contribution in [1.29, 1.82) is 0 Å². The van der Waals surface area contributed by atoms with Gasteiger partial charge in [-0.25, -0.2) is 0 Å². The smallest absolute Gasteiger partial charge is 0.325 e. The highest BCUT2D eigenvalue weighted by atomic mass is 35.5. The van der Waals surface area contributed by atoms with Crippen LogP contribution in [0.1, 0.15) is 26.7 Å². The van der Waals surface area contributed by atoms with Crippen LogP contribution in [-0.4, -0.2) is 18.5 Å². The number of hydrogen-bond donors (Lipinski definition) is 0. The lowest BCUT2D eigenvalue weighted by Gasteiger charge is -2.13. The van der Waals surface area contributed by atoms with Crippen LogP contribution in [0.5, 0.6) is 5.75 Å². The molecule has 0 N–H and O–H groups in total. The first-order chi connectivity index (χ1) is 9.08. The molecule has 0 bridgehead atoms. The minimum absolute atomic E-state index is 0.240. The van der Waals surface area contributed by atoms with Crippen LogP contribution in [0.15, 0.2) is 24.3 Å². The Kier molecular flexibility index (Phi) is 6.36. The van der Waals surface area contributed by atoms with Crippen LogP contribution in [-0.2, 0) is 14.3 Å². The van der Waals surface area contributed by atoms with Crippen LogP contribution >= 0.6 is 11.6 Å². The fourth-order valence-corrected chi connectivity index (χ4v) is 1.76. The van der Waals surface area contributed by atoms with Gasteiger partial charge in [-0.1, -0.05) is 31.0 Å². The third-order valence-electron chi connectivity index (χ3n) is 2.45. The molecule has 0 radical (unpaired) electrons. The fraction of sp³-hybridized carbons (Fsp3) is 0.429. The topological polar surface area (TPSA) is 52.6 Å². The van der Waals surface area contributed by atoms with Crippen molar-refractivity contribution in [2.45, 2.75) is 26.7 Å². The van der Waals surface area contributed by atoms with Gasteiger partial charge in [-0.2, -0.15) is 0 Å². The number of rotatable bonds is 6. The highest BCUT2D eigenvalue weighted by Crippen LogP contribution is 2.20. The van der Waals surface area contributed by atoms with Crippen LogP contribution in [0.25, 0.3) is 0 Å². The number of halogens is 1. The zero-order valence-corrected chi connectivity index (χ0v) is 11.8. The monoisotopic (exact) mass is 284 g/mol. The van der Waals surface area contributed by atoms with Gasteiger partial charge in [0, 0.05) is 5.02 Å². The highest BCUT2D eigenvalue weighted by molar-refractivity contribution is 6.30. The Morgan fingerprint density at radius 3 is 2.58 bits per heavy atom.